The zero-order valence-electron chi connectivity index (χ0n) is 12.5. The van der Waals surface area contributed by atoms with Crippen LogP contribution in [0.15, 0.2) is 18.2 Å². The van der Waals surface area contributed by atoms with Gasteiger partial charge in [0.15, 0.2) is 11.6 Å². The standard InChI is InChI=1S/C16H22F2N2O/c1-16(19)8-4-3-5-12(16)15(21)20(2)10-11-6-7-13(17)14(18)9-11/h6-7,9,12H,3-5,8,10,19H2,1-2H3. The van der Waals surface area contributed by atoms with Crippen LogP contribution in [-0.2, 0) is 11.3 Å². The summed E-state index contributed by atoms with van der Waals surface area (Å²) in [5, 5.41) is 0. The molecule has 0 saturated heterocycles. The van der Waals surface area contributed by atoms with Gasteiger partial charge in [-0.2, -0.15) is 0 Å². The van der Waals surface area contributed by atoms with E-state index in [4.69, 9.17) is 5.73 Å². The van der Waals surface area contributed by atoms with Crippen LogP contribution >= 0.6 is 0 Å². The molecule has 0 aromatic heterocycles. The average Bonchev–Trinajstić information content (AvgIpc) is 2.41. The number of benzene rings is 1. The lowest BCUT2D eigenvalue weighted by atomic mass is 9.74. The van der Waals surface area contributed by atoms with Gasteiger partial charge < -0.3 is 10.6 Å². The highest BCUT2D eigenvalue weighted by Crippen LogP contribution is 2.33. The van der Waals surface area contributed by atoms with Gasteiger partial charge in [-0.1, -0.05) is 18.9 Å². The first-order chi connectivity index (χ1) is 9.81. The van der Waals surface area contributed by atoms with Crippen molar-refractivity contribution >= 4 is 5.91 Å². The second-order valence-electron chi connectivity index (χ2n) is 6.25. The Morgan fingerprint density at radius 1 is 1.38 bits per heavy atom. The van der Waals surface area contributed by atoms with E-state index in [1.54, 1.807) is 11.9 Å². The Bertz CT molecular complexity index is 531. The predicted octanol–water partition coefficient (Wildman–Crippen LogP) is 2.83. The smallest absolute Gasteiger partial charge is 0.227 e. The van der Waals surface area contributed by atoms with Gasteiger partial charge in [-0.3, -0.25) is 4.79 Å². The predicted molar refractivity (Wildman–Crippen MR) is 77.4 cm³/mol. The third kappa shape index (κ3) is 3.59. The van der Waals surface area contributed by atoms with E-state index < -0.39 is 17.2 Å². The molecule has 1 amide bonds. The summed E-state index contributed by atoms with van der Waals surface area (Å²) < 4.78 is 26.1. The fraction of sp³-hybridized carbons (Fsp3) is 0.562. The number of halogens is 2. The summed E-state index contributed by atoms with van der Waals surface area (Å²) in [6.45, 7) is 2.17. The van der Waals surface area contributed by atoms with Gasteiger partial charge in [-0.25, -0.2) is 8.78 Å². The molecule has 5 heteroatoms. The van der Waals surface area contributed by atoms with Crippen molar-refractivity contribution in [2.75, 3.05) is 7.05 Å². The highest BCUT2D eigenvalue weighted by molar-refractivity contribution is 5.80. The molecule has 0 spiro atoms. The molecule has 0 bridgehead atoms. The third-order valence-electron chi connectivity index (χ3n) is 4.33. The molecule has 3 nitrogen and oxygen atoms in total. The number of rotatable bonds is 3. The van der Waals surface area contributed by atoms with Crippen molar-refractivity contribution in [2.24, 2.45) is 11.7 Å². The zero-order chi connectivity index (χ0) is 15.6. The minimum Gasteiger partial charge on any atom is -0.341 e. The number of hydrogen-bond donors (Lipinski definition) is 1. The van der Waals surface area contributed by atoms with Crippen LogP contribution in [0.4, 0.5) is 8.78 Å². The second kappa shape index (κ2) is 6.10. The number of carbonyl (C=O) groups is 1. The van der Waals surface area contributed by atoms with E-state index in [0.717, 1.165) is 37.8 Å². The van der Waals surface area contributed by atoms with Gasteiger partial charge in [-0.05, 0) is 37.5 Å². The first-order valence-electron chi connectivity index (χ1n) is 7.29. The molecule has 2 atom stereocenters. The molecule has 0 aliphatic heterocycles. The maximum atomic E-state index is 13.2. The fourth-order valence-electron chi connectivity index (χ4n) is 3.02. The molecule has 1 aliphatic carbocycles. The first-order valence-corrected chi connectivity index (χ1v) is 7.29. The lowest BCUT2D eigenvalue weighted by Crippen LogP contribution is -2.53. The lowest BCUT2D eigenvalue weighted by Gasteiger charge is -2.39. The maximum absolute atomic E-state index is 13.2. The van der Waals surface area contributed by atoms with E-state index in [-0.39, 0.29) is 18.4 Å². The van der Waals surface area contributed by atoms with Crippen LogP contribution in [0.5, 0.6) is 0 Å². The lowest BCUT2D eigenvalue weighted by molar-refractivity contribution is -0.138. The second-order valence-corrected chi connectivity index (χ2v) is 6.25. The van der Waals surface area contributed by atoms with Crippen molar-refractivity contribution in [1.82, 2.24) is 4.90 Å². The van der Waals surface area contributed by atoms with Crippen LogP contribution in [-0.4, -0.2) is 23.4 Å². The molecule has 1 fully saturated rings. The molecule has 1 aromatic carbocycles. The molecule has 2 N–H and O–H groups in total. The van der Waals surface area contributed by atoms with Gasteiger partial charge in [0.1, 0.15) is 0 Å². The van der Waals surface area contributed by atoms with E-state index >= 15 is 0 Å². The molecular formula is C16H22F2N2O. The van der Waals surface area contributed by atoms with Gasteiger partial charge in [0.05, 0.1) is 5.92 Å². The van der Waals surface area contributed by atoms with Crippen LogP contribution < -0.4 is 5.73 Å². The molecule has 116 valence electrons. The molecule has 2 rings (SSSR count). The Morgan fingerprint density at radius 2 is 2.10 bits per heavy atom. The van der Waals surface area contributed by atoms with E-state index in [9.17, 15) is 13.6 Å². The topological polar surface area (TPSA) is 46.3 Å². The minimum absolute atomic E-state index is 0.0237. The molecule has 21 heavy (non-hydrogen) atoms. The fourth-order valence-corrected chi connectivity index (χ4v) is 3.02. The van der Waals surface area contributed by atoms with Crippen LogP contribution in [0.2, 0.25) is 0 Å². The van der Waals surface area contributed by atoms with Crippen LogP contribution in [0.3, 0.4) is 0 Å². The number of carbonyl (C=O) groups excluding carboxylic acids is 1. The van der Waals surface area contributed by atoms with Crippen molar-refractivity contribution in [3.8, 4) is 0 Å². The SMILES string of the molecule is CN(Cc1ccc(F)c(F)c1)C(=O)C1CCCCC1(C)N. The normalized spacial score (nSPS) is 25.7. The highest BCUT2D eigenvalue weighted by Gasteiger charge is 2.39. The molecule has 1 aromatic rings. The van der Waals surface area contributed by atoms with E-state index in [1.165, 1.54) is 6.07 Å². The minimum atomic E-state index is -0.894. The van der Waals surface area contributed by atoms with Crippen LogP contribution in [0, 0.1) is 17.6 Å². The van der Waals surface area contributed by atoms with E-state index in [2.05, 4.69) is 0 Å². The first kappa shape index (κ1) is 15.9. The van der Waals surface area contributed by atoms with Crippen molar-refractivity contribution in [3.63, 3.8) is 0 Å². The van der Waals surface area contributed by atoms with E-state index in [0.29, 0.717) is 5.56 Å². The van der Waals surface area contributed by atoms with Gasteiger partial charge in [0.25, 0.3) is 0 Å². The van der Waals surface area contributed by atoms with Crippen LogP contribution in [0.25, 0.3) is 0 Å². The highest BCUT2D eigenvalue weighted by atomic mass is 19.2. The molecule has 1 aliphatic rings. The molecule has 2 unspecified atom stereocenters. The summed E-state index contributed by atoms with van der Waals surface area (Å²) in [6.07, 6.45) is 3.67. The number of amides is 1. The van der Waals surface area contributed by atoms with Crippen molar-refractivity contribution in [1.29, 1.82) is 0 Å². The number of nitrogens with zero attached hydrogens (tertiary/aromatic N) is 1. The largest absolute Gasteiger partial charge is 0.341 e. The van der Waals surface area contributed by atoms with E-state index in [1.807, 2.05) is 6.92 Å². The summed E-state index contributed by atoms with van der Waals surface area (Å²) in [5.41, 5.74) is 6.32. The summed E-state index contributed by atoms with van der Waals surface area (Å²) in [7, 11) is 1.67. The van der Waals surface area contributed by atoms with Crippen molar-refractivity contribution < 1.29 is 13.6 Å². The van der Waals surface area contributed by atoms with Gasteiger partial charge in [0.2, 0.25) is 5.91 Å². The van der Waals surface area contributed by atoms with Gasteiger partial charge >= 0.3 is 0 Å². The monoisotopic (exact) mass is 296 g/mol. The summed E-state index contributed by atoms with van der Waals surface area (Å²) in [6, 6.07) is 3.70. The van der Waals surface area contributed by atoms with Gasteiger partial charge in [0, 0.05) is 19.1 Å². The molecule has 0 radical (unpaired) electrons. The quantitative estimate of drug-likeness (QED) is 0.932. The van der Waals surface area contributed by atoms with Gasteiger partial charge in [-0.15, -0.1) is 0 Å². The Hall–Kier alpha value is -1.49. The zero-order valence-corrected chi connectivity index (χ0v) is 12.5. The number of hydrogen-bond acceptors (Lipinski definition) is 2. The summed E-state index contributed by atoms with van der Waals surface area (Å²) in [5.74, 6) is -2.00. The average molecular weight is 296 g/mol. The molecule has 1 saturated carbocycles. The third-order valence-corrected chi connectivity index (χ3v) is 4.33. The number of nitrogens with two attached hydrogens (primary N) is 1. The Morgan fingerprint density at radius 3 is 2.71 bits per heavy atom. The van der Waals surface area contributed by atoms with Crippen LogP contribution in [0.1, 0.15) is 38.2 Å². The molecular weight excluding hydrogens is 274 g/mol. The Kier molecular flexibility index (Phi) is 4.61. The summed E-state index contributed by atoms with van der Waals surface area (Å²) in [4.78, 5) is 14.1. The molecule has 0 heterocycles. The Labute approximate surface area is 124 Å². The van der Waals surface area contributed by atoms with Crippen molar-refractivity contribution in [3.05, 3.63) is 35.4 Å². The summed E-state index contributed by atoms with van der Waals surface area (Å²) >= 11 is 0. The van der Waals surface area contributed by atoms with Crippen molar-refractivity contribution in [2.45, 2.75) is 44.7 Å². The maximum Gasteiger partial charge on any atom is 0.227 e. The Balaban J connectivity index is 2.06.